The molecule has 0 fully saturated rings. The van der Waals surface area contributed by atoms with E-state index >= 15 is 0 Å². The topological polar surface area (TPSA) is 75.6 Å². The van der Waals surface area contributed by atoms with Gasteiger partial charge in [-0.2, -0.15) is 0 Å². The molecule has 2 aromatic carbocycles. The molecule has 1 atom stereocenters. The van der Waals surface area contributed by atoms with Crippen molar-refractivity contribution in [3.8, 4) is 5.75 Å². The number of carboxylic acids is 1. The third-order valence-electron chi connectivity index (χ3n) is 5.12. The number of amides is 1. The number of hydrogen-bond acceptors (Lipinski definition) is 3. The fourth-order valence-corrected chi connectivity index (χ4v) is 3.19. The van der Waals surface area contributed by atoms with Gasteiger partial charge in [-0.1, -0.05) is 52.0 Å². The van der Waals surface area contributed by atoms with Crippen LogP contribution in [0.1, 0.15) is 61.2 Å². The van der Waals surface area contributed by atoms with Gasteiger partial charge in [0.1, 0.15) is 5.75 Å². The van der Waals surface area contributed by atoms with Crippen molar-refractivity contribution in [1.82, 2.24) is 5.32 Å². The summed E-state index contributed by atoms with van der Waals surface area (Å²) in [5, 5.41) is 12.2. The average molecular weight is 398 g/mol. The van der Waals surface area contributed by atoms with E-state index in [2.05, 4.69) is 26.1 Å². The first-order valence-corrected chi connectivity index (χ1v) is 9.93. The lowest BCUT2D eigenvalue weighted by Crippen LogP contribution is -2.23. The molecule has 5 heteroatoms. The van der Waals surface area contributed by atoms with E-state index in [0.29, 0.717) is 30.7 Å². The molecule has 0 unspecified atom stereocenters. The van der Waals surface area contributed by atoms with Gasteiger partial charge >= 0.3 is 5.97 Å². The van der Waals surface area contributed by atoms with Crippen LogP contribution in [-0.4, -0.2) is 24.1 Å². The summed E-state index contributed by atoms with van der Waals surface area (Å²) in [5.74, 6) is -0.709. The molecular weight excluding hydrogens is 366 g/mol. The number of benzene rings is 2. The van der Waals surface area contributed by atoms with E-state index in [1.807, 2.05) is 49.4 Å². The minimum Gasteiger partial charge on any atom is -0.496 e. The molecule has 0 aliphatic rings. The van der Waals surface area contributed by atoms with Crippen LogP contribution >= 0.6 is 0 Å². The first-order valence-electron chi connectivity index (χ1n) is 9.93. The molecule has 5 nitrogen and oxygen atoms in total. The minimum absolute atomic E-state index is 0.0368. The lowest BCUT2D eigenvalue weighted by atomic mass is 9.87. The average Bonchev–Trinajstić information content (AvgIpc) is 2.69. The quantitative estimate of drug-likeness (QED) is 0.684. The van der Waals surface area contributed by atoms with Crippen molar-refractivity contribution in [3.05, 3.63) is 64.7 Å². The van der Waals surface area contributed by atoms with E-state index in [0.717, 1.165) is 11.1 Å². The van der Waals surface area contributed by atoms with Crippen molar-refractivity contribution >= 4 is 11.9 Å². The van der Waals surface area contributed by atoms with Gasteiger partial charge in [-0.15, -0.1) is 0 Å². The number of carboxylic acid groups (broad SMARTS) is 1. The van der Waals surface area contributed by atoms with Crippen LogP contribution in [-0.2, 0) is 23.2 Å². The molecule has 1 amide bonds. The Kier molecular flexibility index (Phi) is 7.43. The highest BCUT2D eigenvalue weighted by atomic mass is 16.5. The van der Waals surface area contributed by atoms with Crippen LogP contribution in [0, 0.1) is 5.92 Å². The summed E-state index contributed by atoms with van der Waals surface area (Å²) in [4.78, 5) is 23.9. The number of nitrogens with one attached hydrogen (secondary N) is 1. The van der Waals surface area contributed by atoms with Crippen molar-refractivity contribution in [2.24, 2.45) is 5.92 Å². The Morgan fingerprint density at radius 2 is 1.76 bits per heavy atom. The monoisotopic (exact) mass is 397 g/mol. The van der Waals surface area contributed by atoms with Crippen molar-refractivity contribution < 1.29 is 19.4 Å². The summed E-state index contributed by atoms with van der Waals surface area (Å²) < 4.78 is 5.40. The molecule has 2 N–H and O–H groups in total. The summed E-state index contributed by atoms with van der Waals surface area (Å²) in [6.07, 6.45) is 1.02. The third-order valence-corrected chi connectivity index (χ3v) is 5.12. The van der Waals surface area contributed by atoms with E-state index in [4.69, 9.17) is 4.74 Å². The van der Waals surface area contributed by atoms with Crippen molar-refractivity contribution in [1.29, 1.82) is 0 Å². The Morgan fingerprint density at radius 1 is 1.10 bits per heavy atom. The van der Waals surface area contributed by atoms with Gasteiger partial charge in [-0.25, -0.2) is 0 Å². The molecule has 0 spiro atoms. The predicted molar refractivity (Wildman–Crippen MR) is 114 cm³/mol. The molecule has 0 saturated heterocycles. The van der Waals surface area contributed by atoms with Crippen LogP contribution in [0.5, 0.6) is 5.75 Å². The molecule has 2 aromatic rings. The molecule has 0 bridgehead atoms. The van der Waals surface area contributed by atoms with Gasteiger partial charge in [0.05, 0.1) is 13.0 Å². The molecule has 0 heterocycles. The largest absolute Gasteiger partial charge is 0.496 e. The Morgan fingerprint density at radius 3 is 2.28 bits per heavy atom. The van der Waals surface area contributed by atoms with E-state index < -0.39 is 11.9 Å². The zero-order valence-corrected chi connectivity index (χ0v) is 17.9. The minimum atomic E-state index is -0.795. The standard InChI is InChI=1S/C24H31NO4/c1-6-17(23(27)28)13-16-7-12-21(29-5)19(14-16)15-25-22(26)18-8-10-20(11-9-18)24(2,3)4/h7-12,14,17H,6,13,15H2,1-5H3,(H,25,26)(H,27,28)/t17-/m0/s1. The number of rotatable bonds is 8. The number of carbonyl (C=O) groups is 2. The predicted octanol–water partition coefficient (Wildman–Crippen LogP) is 4.58. The van der Waals surface area contributed by atoms with E-state index in [1.165, 1.54) is 5.56 Å². The van der Waals surface area contributed by atoms with E-state index in [9.17, 15) is 14.7 Å². The molecule has 0 aromatic heterocycles. The molecule has 29 heavy (non-hydrogen) atoms. The molecular formula is C24H31NO4. The van der Waals surface area contributed by atoms with Crippen molar-refractivity contribution in [2.45, 2.75) is 52.5 Å². The Bertz CT molecular complexity index is 850. The number of carbonyl (C=O) groups excluding carboxylic acids is 1. The second-order valence-electron chi connectivity index (χ2n) is 8.30. The van der Waals surface area contributed by atoms with Crippen LogP contribution in [0.25, 0.3) is 0 Å². The first kappa shape index (κ1) is 22.5. The zero-order chi connectivity index (χ0) is 21.6. The third kappa shape index (κ3) is 6.08. The summed E-state index contributed by atoms with van der Waals surface area (Å²) in [7, 11) is 1.58. The zero-order valence-electron chi connectivity index (χ0n) is 17.9. The Hall–Kier alpha value is -2.82. The SMILES string of the molecule is CC[C@@H](Cc1ccc(OC)c(CNC(=O)c2ccc(C(C)(C)C)cc2)c1)C(=O)O. The van der Waals surface area contributed by atoms with Crippen LogP contribution in [0.15, 0.2) is 42.5 Å². The molecule has 0 aliphatic carbocycles. The summed E-state index contributed by atoms with van der Waals surface area (Å²) in [6, 6.07) is 13.2. The van der Waals surface area contributed by atoms with Crippen molar-refractivity contribution in [2.75, 3.05) is 7.11 Å². The highest BCUT2D eigenvalue weighted by Crippen LogP contribution is 2.24. The van der Waals surface area contributed by atoms with Crippen LogP contribution < -0.4 is 10.1 Å². The van der Waals surface area contributed by atoms with Gasteiger partial charge in [0.15, 0.2) is 0 Å². The summed E-state index contributed by atoms with van der Waals surface area (Å²) >= 11 is 0. The number of ether oxygens (including phenoxy) is 1. The van der Waals surface area contributed by atoms with Gasteiger partial charge < -0.3 is 15.2 Å². The highest BCUT2D eigenvalue weighted by Gasteiger charge is 2.17. The molecule has 2 rings (SSSR count). The van der Waals surface area contributed by atoms with Gasteiger partial charge in [0, 0.05) is 17.7 Å². The van der Waals surface area contributed by atoms with E-state index in [-0.39, 0.29) is 11.3 Å². The maximum atomic E-state index is 12.5. The van der Waals surface area contributed by atoms with E-state index in [1.54, 1.807) is 7.11 Å². The lowest BCUT2D eigenvalue weighted by molar-refractivity contribution is -0.141. The van der Waals surface area contributed by atoms with Crippen LogP contribution in [0.4, 0.5) is 0 Å². The molecule has 156 valence electrons. The number of methoxy groups -OCH3 is 1. The smallest absolute Gasteiger partial charge is 0.306 e. The van der Waals surface area contributed by atoms with Crippen LogP contribution in [0.2, 0.25) is 0 Å². The van der Waals surface area contributed by atoms with Gasteiger partial charge in [0.2, 0.25) is 0 Å². The Balaban J connectivity index is 2.11. The number of aliphatic carboxylic acids is 1. The Labute approximate surface area is 173 Å². The maximum Gasteiger partial charge on any atom is 0.306 e. The molecule has 0 saturated carbocycles. The molecule has 0 aliphatic heterocycles. The summed E-state index contributed by atoms with van der Waals surface area (Å²) in [6.45, 7) is 8.58. The molecule has 0 radical (unpaired) electrons. The normalized spacial score (nSPS) is 12.3. The highest BCUT2D eigenvalue weighted by molar-refractivity contribution is 5.94. The lowest BCUT2D eigenvalue weighted by Gasteiger charge is -2.19. The first-order chi connectivity index (χ1) is 13.7. The summed E-state index contributed by atoms with van der Waals surface area (Å²) in [5.41, 5.74) is 3.55. The second kappa shape index (κ2) is 9.59. The second-order valence-corrected chi connectivity index (χ2v) is 8.30. The number of hydrogen-bond donors (Lipinski definition) is 2. The maximum absolute atomic E-state index is 12.5. The van der Waals surface area contributed by atoms with Gasteiger partial charge in [-0.3, -0.25) is 9.59 Å². The van der Waals surface area contributed by atoms with Crippen LogP contribution in [0.3, 0.4) is 0 Å². The van der Waals surface area contributed by atoms with Crippen molar-refractivity contribution in [3.63, 3.8) is 0 Å². The van der Waals surface area contributed by atoms with Gasteiger partial charge in [0.25, 0.3) is 5.91 Å². The van der Waals surface area contributed by atoms with Gasteiger partial charge in [-0.05, 0) is 47.6 Å². The fraction of sp³-hybridized carbons (Fsp3) is 0.417. The fourth-order valence-electron chi connectivity index (χ4n) is 3.19.